The first-order chi connectivity index (χ1) is 11.0. The third kappa shape index (κ3) is 4.83. The molecule has 3 nitrogen and oxygen atoms in total. The summed E-state index contributed by atoms with van der Waals surface area (Å²) >= 11 is 3.45. The largest absolute Gasteiger partial charge is 0.494 e. The topological polar surface area (TPSA) is 35.5 Å². The van der Waals surface area contributed by atoms with Crippen molar-refractivity contribution in [1.82, 2.24) is 0 Å². The Morgan fingerprint density at radius 1 is 1.17 bits per heavy atom. The van der Waals surface area contributed by atoms with Gasteiger partial charge in [0.15, 0.2) is 0 Å². The fraction of sp³-hybridized carbons (Fsp3) is 0.316. The van der Waals surface area contributed by atoms with E-state index in [0.29, 0.717) is 23.7 Å². The first-order valence-corrected chi connectivity index (χ1v) is 8.55. The first-order valence-electron chi connectivity index (χ1n) is 7.75. The molecule has 0 aliphatic carbocycles. The number of halogens is 1. The Morgan fingerprint density at radius 3 is 2.65 bits per heavy atom. The number of carbonyl (C=O) groups is 1. The van der Waals surface area contributed by atoms with Gasteiger partial charge < -0.3 is 9.47 Å². The van der Waals surface area contributed by atoms with E-state index in [-0.39, 0.29) is 11.9 Å². The highest BCUT2D eigenvalue weighted by molar-refractivity contribution is 9.10. The van der Waals surface area contributed by atoms with Gasteiger partial charge >= 0.3 is 5.97 Å². The number of rotatable bonds is 6. The van der Waals surface area contributed by atoms with Gasteiger partial charge in [-0.2, -0.15) is 0 Å². The van der Waals surface area contributed by atoms with Gasteiger partial charge in [-0.05, 0) is 54.3 Å². The van der Waals surface area contributed by atoms with Gasteiger partial charge in [-0.3, -0.25) is 0 Å². The van der Waals surface area contributed by atoms with Crippen molar-refractivity contribution in [3.8, 4) is 11.5 Å². The van der Waals surface area contributed by atoms with Gasteiger partial charge in [0.25, 0.3) is 0 Å². The number of ether oxygens (including phenoxy) is 2. The van der Waals surface area contributed by atoms with E-state index >= 15 is 0 Å². The summed E-state index contributed by atoms with van der Waals surface area (Å²) in [5.74, 6) is 1.15. The van der Waals surface area contributed by atoms with E-state index in [0.717, 1.165) is 16.5 Å². The minimum absolute atomic E-state index is 0.259. The third-order valence-corrected chi connectivity index (χ3v) is 3.83. The van der Waals surface area contributed by atoms with Crippen LogP contribution in [0.15, 0.2) is 46.9 Å². The highest BCUT2D eigenvalue weighted by Crippen LogP contribution is 2.30. The summed E-state index contributed by atoms with van der Waals surface area (Å²) in [4.78, 5) is 12.4. The molecule has 0 heterocycles. The molecule has 4 heteroatoms. The molecule has 0 aliphatic heterocycles. The van der Waals surface area contributed by atoms with Crippen molar-refractivity contribution in [2.24, 2.45) is 0 Å². The maximum atomic E-state index is 12.4. The standard InChI is InChI=1S/C19H21BrO3/c1-4-10-22-16-7-5-6-14(11-16)19(21)23-18-9-8-15(20)12-17(18)13(2)3/h5-9,11-13H,4,10H2,1-3H3. The molecule has 0 N–H and O–H groups in total. The molecule has 0 aromatic heterocycles. The van der Waals surface area contributed by atoms with Gasteiger partial charge in [-0.25, -0.2) is 4.79 Å². The summed E-state index contributed by atoms with van der Waals surface area (Å²) in [6.45, 7) is 6.80. The average Bonchev–Trinajstić information content (AvgIpc) is 2.54. The second-order valence-corrected chi connectivity index (χ2v) is 6.52. The smallest absolute Gasteiger partial charge is 0.343 e. The van der Waals surface area contributed by atoms with Crippen molar-refractivity contribution >= 4 is 21.9 Å². The average molecular weight is 377 g/mol. The van der Waals surface area contributed by atoms with Crippen molar-refractivity contribution in [2.45, 2.75) is 33.1 Å². The molecule has 0 spiro atoms. The fourth-order valence-electron chi connectivity index (χ4n) is 2.16. The van der Waals surface area contributed by atoms with E-state index in [1.54, 1.807) is 18.2 Å². The summed E-state index contributed by atoms with van der Waals surface area (Å²) < 4.78 is 12.1. The van der Waals surface area contributed by atoms with Crippen LogP contribution in [0.25, 0.3) is 0 Å². The lowest BCUT2D eigenvalue weighted by atomic mass is 10.0. The molecular formula is C19H21BrO3. The minimum Gasteiger partial charge on any atom is -0.494 e. The molecule has 2 rings (SSSR count). The molecule has 0 unspecified atom stereocenters. The Bertz CT molecular complexity index is 680. The summed E-state index contributed by atoms with van der Waals surface area (Å²) in [5.41, 5.74) is 1.47. The van der Waals surface area contributed by atoms with Crippen LogP contribution in [-0.4, -0.2) is 12.6 Å². The van der Waals surface area contributed by atoms with Crippen molar-refractivity contribution in [3.63, 3.8) is 0 Å². The maximum absolute atomic E-state index is 12.4. The zero-order valence-electron chi connectivity index (χ0n) is 13.6. The van der Waals surface area contributed by atoms with Crippen molar-refractivity contribution in [2.75, 3.05) is 6.61 Å². The van der Waals surface area contributed by atoms with E-state index in [1.807, 2.05) is 31.2 Å². The van der Waals surface area contributed by atoms with Gasteiger partial charge in [0.1, 0.15) is 11.5 Å². The summed E-state index contributed by atoms with van der Waals surface area (Å²) in [6.07, 6.45) is 0.922. The Hall–Kier alpha value is -1.81. The van der Waals surface area contributed by atoms with Crippen molar-refractivity contribution in [3.05, 3.63) is 58.1 Å². The molecule has 23 heavy (non-hydrogen) atoms. The van der Waals surface area contributed by atoms with Gasteiger partial charge in [-0.15, -0.1) is 0 Å². The number of carbonyl (C=O) groups excluding carboxylic acids is 1. The molecule has 0 atom stereocenters. The minimum atomic E-state index is -0.379. The SMILES string of the molecule is CCCOc1cccc(C(=O)Oc2ccc(Br)cc2C(C)C)c1. The molecule has 0 amide bonds. The van der Waals surface area contributed by atoms with Crippen LogP contribution in [0.4, 0.5) is 0 Å². The van der Waals surface area contributed by atoms with Gasteiger partial charge in [0, 0.05) is 4.47 Å². The van der Waals surface area contributed by atoms with Gasteiger partial charge in [-0.1, -0.05) is 42.8 Å². The summed E-state index contributed by atoms with van der Waals surface area (Å²) in [6, 6.07) is 12.7. The number of hydrogen-bond acceptors (Lipinski definition) is 3. The monoisotopic (exact) mass is 376 g/mol. The molecule has 2 aromatic rings. The van der Waals surface area contributed by atoms with E-state index < -0.39 is 0 Å². The summed E-state index contributed by atoms with van der Waals surface area (Å²) in [5, 5.41) is 0. The van der Waals surface area contributed by atoms with Crippen LogP contribution in [0, 0.1) is 0 Å². The highest BCUT2D eigenvalue weighted by Gasteiger charge is 2.14. The Kier molecular flexibility index (Phi) is 6.22. The van der Waals surface area contributed by atoms with Crippen LogP contribution in [0.3, 0.4) is 0 Å². The lowest BCUT2D eigenvalue weighted by molar-refractivity contribution is 0.0732. The Labute approximate surface area is 145 Å². The number of hydrogen-bond donors (Lipinski definition) is 0. The van der Waals surface area contributed by atoms with Crippen LogP contribution >= 0.6 is 15.9 Å². The molecule has 0 saturated carbocycles. The quantitative estimate of drug-likeness (QED) is 0.487. The van der Waals surface area contributed by atoms with E-state index in [2.05, 4.69) is 29.8 Å². The molecule has 2 aromatic carbocycles. The molecule has 0 saturated heterocycles. The van der Waals surface area contributed by atoms with E-state index in [1.165, 1.54) is 0 Å². The third-order valence-electron chi connectivity index (χ3n) is 3.34. The zero-order valence-corrected chi connectivity index (χ0v) is 15.2. The molecule has 0 fully saturated rings. The molecule has 0 bridgehead atoms. The lowest BCUT2D eigenvalue weighted by Crippen LogP contribution is -2.10. The second-order valence-electron chi connectivity index (χ2n) is 5.60. The van der Waals surface area contributed by atoms with Crippen molar-refractivity contribution in [1.29, 1.82) is 0 Å². The van der Waals surface area contributed by atoms with E-state index in [9.17, 15) is 4.79 Å². The Balaban J connectivity index is 2.19. The van der Waals surface area contributed by atoms with Crippen LogP contribution < -0.4 is 9.47 Å². The van der Waals surface area contributed by atoms with Crippen LogP contribution in [0.5, 0.6) is 11.5 Å². The lowest BCUT2D eigenvalue weighted by Gasteiger charge is -2.13. The normalized spacial score (nSPS) is 10.7. The molecular weight excluding hydrogens is 356 g/mol. The van der Waals surface area contributed by atoms with Crippen LogP contribution in [0.1, 0.15) is 49.0 Å². The van der Waals surface area contributed by atoms with E-state index in [4.69, 9.17) is 9.47 Å². The zero-order chi connectivity index (χ0) is 16.8. The maximum Gasteiger partial charge on any atom is 0.343 e. The van der Waals surface area contributed by atoms with Gasteiger partial charge in [0.2, 0.25) is 0 Å². The Morgan fingerprint density at radius 2 is 1.96 bits per heavy atom. The highest BCUT2D eigenvalue weighted by atomic mass is 79.9. The molecule has 0 aliphatic rings. The van der Waals surface area contributed by atoms with Crippen LogP contribution in [-0.2, 0) is 0 Å². The first kappa shape index (κ1) is 17.5. The van der Waals surface area contributed by atoms with Crippen LogP contribution in [0.2, 0.25) is 0 Å². The summed E-state index contributed by atoms with van der Waals surface area (Å²) in [7, 11) is 0. The van der Waals surface area contributed by atoms with Crippen molar-refractivity contribution < 1.29 is 14.3 Å². The number of benzene rings is 2. The predicted octanol–water partition coefficient (Wildman–Crippen LogP) is 5.58. The molecule has 0 radical (unpaired) electrons. The fourth-order valence-corrected chi connectivity index (χ4v) is 2.53. The second kappa shape index (κ2) is 8.16. The predicted molar refractivity (Wildman–Crippen MR) is 95.4 cm³/mol. The molecule has 122 valence electrons. The number of esters is 1. The van der Waals surface area contributed by atoms with Gasteiger partial charge in [0.05, 0.1) is 12.2 Å².